The van der Waals surface area contributed by atoms with Crippen molar-refractivity contribution in [1.82, 2.24) is 19.3 Å². The third kappa shape index (κ3) is 2.67. The summed E-state index contributed by atoms with van der Waals surface area (Å²) in [6.45, 7) is 0.557. The molecule has 0 fully saturated rings. The maximum atomic E-state index is 12.0. The second kappa shape index (κ2) is 6.29. The van der Waals surface area contributed by atoms with E-state index in [1.54, 1.807) is 33.7 Å². The van der Waals surface area contributed by atoms with Crippen LogP contribution >= 0.6 is 23.1 Å². The van der Waals surface area contributed by atoms with Crippen LogP contribution in [0.3, 0.4) is 0 Å². The molecule has 3 heterocycles. The van der Waals surface area contributed by atoms with Crippen molar-refractivity contribution in [2.24, 2.45) is 7.05 Å². The lowest BCUT2D eigenvalue weighted by atomic mass is 10.3. The Morgan fingerprint density at radius 2 is 2.08 bits per heavy atom. The number of nitrogens with zero attached hydrogens (tertiary/aromatic N) is 4. The number of oxazole rings is 1. The predicted octanol–water partition coefficient (Wildman–Crippen LogP) is 3.24. The summed E-state index contributed by atoms with van der Waals surface area (Å²) in [6.07, 6.45) is 0. The first-order valence-corrected chi connectivity index (χ1v) is 9.25. The molecule has 0 spiro atoms. The maximum absolute atomic E-state index is 12.0. The number of rotatable bonds is 5. The van der Waals surface area contributed by atoms with E-state index in [-0.39, 0.29) is 5.76 Å². The molecule has 0 aliphatic heterocycles. The molecule has 3 aromatic heterocycles. The van der Waals surface area contributed by atoms with Gasteiger partial charge in [0, 0.05) is 19.3 Å². The van der Waals surface area contributed by atoms with Crippen molar-refractivity contribution in [3.63, 3.8) is 0 Å². The number of para-hydroxylation sites is 2. The number of hydrogen-bond acceptors (Lipinski definition) is 6. The zero-order chi connectivity index (χ0) is 16.5. The Balaban J connectivity index is 1.50. The number of aryl methyl sites for hydroxylation is 1. The molecule has 4 rings (SSSR count). The van der Waals surface area contributed by atoms with Crippen LogP contribution < -0.4 is 5.76 Å². The minimum absolute atomic E-state index is 0.325. The molecular weight excluding hydrogens is 344 g/mol. The molecule has 0 amide bonds. The lowest BCUT2D eigenvalue weighted by molar-refractivity contribution is 0.514. The van der Waals surface area contributed by atoms with E-state index in [0.717, 1.165) is 21.4 Å². The molecule has 0 aliphatic carbocycles. The molecule has 4 aromatic rings. The Morgan fingerprint density at radius 3 is 2.92 bits per heavy atom. The van der Waals surface area contributed by atoms with Crippen molar-refractivity contribution in [2.45, 2.75) is 11.7 Å². The van der Waals surface area contributed by atoms with Gasteiger partial charge < -0.3 is 8.98 Å². The van der Waals surface area contributed by atoms with Crippen molar-refractivity contribution in [3.05, 3.63) is 52.3 Å². The molecule has 122 valence electrons. The van der Waals surface area contributed by atoms with Gasteiger partial charge in [-0.3, -0.25) is 4.57 Å². The highest BCUT2D eigenvalue weighted by molar-refractivity contribution is 7.99. The zero-order valence-electron chi connectivity index (χ0n) is 12.9. The number of thioether (sulfide) groups is 1. The highest BCUT2D eigenvalue weighted by Crippen LogP contribution is 2.26. The molecule has 0 radical (unpaired) electrons. The Hall–Kier alpha value is -2.32. The molecule has 0 aliphatic rings. The van der Waals surface area contributed by atoms with Gasteiger partial charge in [0.05, 0.1) is 10.4 Å². The second-order valence-corrected chi connectivity index (χ2v) is 7.19. The molecule has 6 nitrogen and oxygen atoms in total. The van der Waals surface area contributed by atoms with Crippen LogP contribution in [0.2, 0.25) is 0 Å². The summed E-state index contributed by atoms with van der Waals surface area (Å²) in [5.74, 6) is 1.24. The molecule has 1 aromatic carbocycles. The smallest absolute Gasteiger partial charge is 0.408 e. The van der Waals surface area contributed by atoms with E-state index in [1.165, 1.54) is 0 Å². The van der Waals surface area contributed by atoms with E-state index in [1.807, 2.05) is 47.3 Å². The molecule has 0 saturated heterocycles. The summed E-state index contributed by atoms with van der Waals surface area (Å²) in [4.78, 5) is 13.1. The van der Waals surface area contributed by atoms with Gasteiger partial charge in [0.25, 0.3) is 0 Å². The number of aromatic nitrogens is 4. The molecule has 8 heteroatoms. The summed E-state index contributed by atoms with van der Waals surface area (Å²) in [5.41, 5.74) is 1.44. The topological polar surface area (TPSA) is 65.8 Å². The lowest BCUT2D eigenvalue weighted by Gasteiger charge is -2.03. The Morgan fingerprint density at radius 1 is 1.21 bits per heavy atom. The van der Waals surface area contributed by atoms with Crippen molar-refractivity contribution in [2.75, 3.05) is 5.75 Å². The predicted molar refractivity (Wildman–Crippen MR) is 95.5 cm³/mol. The Bertz CT molecular complexity index is 1030. The highest BCUT2D eigenvalue weighted by Gasteiger charge is 2.13. The first-order chi connectivity index (χ1) is 11.7. The van der Waals surface area contributed by atoms with Gasteiger partial charge in [-0.1, -0.05) is 30.0 Å². The van der Waals surface area contributed by atoms with Gasteiger partial charge in [-0.2, -0.15) is 0 Å². The second-order valence-electron chi connectivity index (χ2n) is 5.18. The fraction of sp³-hybridized carbons (Fsp3) is 0.188. The molecular formula is C16H14N4O2S2. The van der Waals surface area contributed by atoms with Gasteiger partial charge in [-0.05, 0) is 23.6 Å². The number of hydrogen-bond donors (Lipinski definition) is 0. The zero-order valence-corrected chi connectivity index (χ0v) is 14.5. The van der Waals surface area contributed by atoms with E-state index in [9.17, 15) is 4.79 Å². The first-order valence-electron chi connectivity index (χ1n) is 7.38. The van der Waals surface area contributed by atoms with Crippen LogP contribution in [-0.2, 0) is 13.6 Å². The van der Waals surface area contributed by atoms with E-state index in [2.05, 4.69) is 10.2 Å². The van der Waals surface area contributed by atoms with Crippen LogP contribution in [0.25, 0.3) is 21.8 Å². The molecule has 0 unspecified atom stereocenters. The Kier molecular flexibility index (Phi) is 3.99. The average molecular weight is 358 g/mol. The van der Waals surface area contributed by atoms with Gasteiger partial charge in [-0.25, -0.2) is 4.79 Å². The molecule has 24 heavy (non-hydrogen) atoms. The van der Waals surface area contributed by atoms with Crippen molar-refractivity contribution in [3.8, 4) is 10.7 Å². The largest absolute Gasteiger partial charge is 0.419 e. The number of thiophene rings is 1. The van der Waals surface area contributed by atoms with Gasteiger partial charge in [-0.15, -0.1) is 21.5 Å². The average Bonchev–Trinajstić information content (AvgIpc) is 3.28. The summed E-state index contributed by atoms with van der Waals surface area (Å²) >= 11 is 3.21. The van der Waals surface area contributed by atoms with Gasteiger partial charge in [0.1, 0.15) is 0 Å². The fourth-order valence-electron chi connectivity index (χ4n) is 2.51. The SMILES string of the molecule is Cn1c(SCCn2c(=O)oc3ccccc32)nnc1-c1cccs1. The van der Waals surface area contributed by atoms with Crippen LogP contribution in [0.5, 0.6) is 0 Å². The first kappa shape index (κ1) is 15.2. The van der Waals surface area contributed by atoms with Crippen molar-refractivity contribution < 1.29 is 4.42 Å². The third-order valence-corrected chi connectivity index (χ3v) is 5.56. The minimum atomic E-state index is -0.325. The van der Waals surface area contributed by atoms with Crippen LogP contribution in [0.4, 0.5) is 0 Å². The Labute approximate surface area is 145 Å². The van der Waals surface area contributed by atoms with E-state index in [0.29, 0.717) is 17.9 Å². The summed E-state index contributed by atoms with van der Waals surface area (Å²) in [5, 5.41) is 11.4. The van der Waals surface area contributed by atoms with Crippen LogP contribution in [0, 0.1) is 0 Å². The summed E-state index contributed by atoms with van der Waals surface area (Å²) in [6, 6.07) is 11.5. The number of fused-ring (bicyclic) bond motifs is 1. The van der Waals surface area contributed by atoms with Crippen molar-refractivity contribution in [1.29, 1.82) is 0 Å². The quantitative estimate of drug-likeness (QED) is 0.512. The third-order valence-electron chi connectivity index (χ3n) is 3.70. The fourth-order valence-corrected chi connectivity index (χ4v) is 4.09. The molecule has 0 bridgehead atoms. The van der Waals surface area contributed by atoms with Gasteiger partial charge in [0.2, 0.25) is 0 Å². The van der Waals surface area contributed by atoms with E-state index >= 15 is 0 Å². The summed E-state index contributed by atoms with van der Waals surface area (Å²) in [7, 11) is 1.96. The van der Waals surface area contributed by atoms with Gasteiger partial charge in [0.15, 0.2) is 16.6 Å². The van der Waals surface area contributed by atoms with Gasteiger partial charge >= 0.3 is 5.76 Å². The maximum Gasteiger partial charge on any atom is 0.419 e. The summed E-state index contributed by atoms with van der Waals surface area (Å²) < 4.78 is 8.88. The monoisotopic (exact) mass is 358 g/mol. The molecule has 0 N–H and O–H groups in total. The lowest BCUT2D eigenvalue weighted by Crippen LogP contribution is -2.15. The standard InChI is InChI=1S/C16H14N4O2S2/c1-19-14(13-7-4-9-23-13)17-18-15(19)24-10-8-20-11-5-2-3-6-12(11)22-16(20)21/h2-7,9H,8,10H2,1H3. The number of benzene rings is 1. The van der Waals surface area contributed by atoms with E-state index in [4.69, 9.17) is 4.42 Å². The van der Waals surface area contributed by atoms with E-state index < -0.39 is 0 Å². The highest BCUT2D eigenvalue weighted by atomic mass is 32.2. The van der Waals surface area contributed by atoms with Crippen LogP contribution in [0.1, 0.15) is 0 Å². The molecule has 0 atom stereocenters. The van der Waals surface area contributed by atoms with Crippen molar-refractivity contribution >= 4 is 34.2 Å². The normalized spacial score (nSPS) is 11.4. The molecule has 0 saturated carbocycles. The minimum Gasteiger partial charge on any atom is -0.408 e. The van der Waals surface area contributed by atoms with Crippen LogP contribution in [0.15, 0.2) is 56.1 Å². The van der Waals surface area contributed by atoms with Crippen LogP contribution in [-0.4, -0.2) is 25.1 Å².